The first kappa shape index (κ1) is 18.8. The lowest BCUT2D eigenvalue weighted by molar-refractivity contribution is 0.0237. The van der Waals surface area contributed by atoms with E-state index < -0.39 is 0 Å². The number of pyridine rings is 2. The van der Waals surface area contributed by atoms with Crippen LogP contribution >= 0.6 is 0 Å². The van der Waals surface area contributed by atoms with Gasteiger partial charge in [-0.2, -0.15) is 0 Å². The number of piperazine rings is 1. The van der Waals surface area contributed by atoms with E-state index in [-0.39, 0.29) is 12.0 Å². The molecule has 28 heavy (non-hydrogen) atoms. The van der Waals surface area contributed by atoms with E-state index in [1.54, 1.807) is 18.5 Å². The molecule has 2 fully saturated rings. The first-order valence-electron chi connectivity index (χ1n) is 9.89. The van der Waals surface area contributed by atoms with Crippen molar-refractivity contribution < 1.29 is 14.3 Å². The van der Waals surface area contributed by atoms with E-state index in [0.717, 1.165) is 58.8 Å². The average molecular weight is 382 g/mol. The Hall–Kier alpha value is -2.51. The normalized spacial score (nSPS) is 18.8. The molecular weight excluding hydrogens is 356 g/mol. The van der Waals surface area contributed by atoms with Crippen LogP contribution in [-0.4, -0.2) is 71.2 Å². The molecule has 2 aromatic rings. The van der Waals surface area contributed by atoms with Crippen molar-refractivity contribution in [2.45, 2.75) is 25.5 Å². The van der Waals surface area contributed by atoms with E-state index in [0.29, 0.717) is 11.4 Å². The number of ether oxygens (including phenoxy) is 2. The van der Waals surface area contributed by atoms with Gasteiger partial charge in [0.05, 0.1) is 18.8 Å². The van der Waals surface area contributed by atoms with Gasteiger partial charge in [-0.25, -0.2) is 4.98 Å². The third-order valence-corrected chi connectivity index (χ3v) is 5.23. The third-order valence-electron chi connectivity index (χ3n) is 5.23. The summed E-state index contributed by atoms with van der Waals surface area (Å²) in [5, 5.41) is 0. The second-order valence-corrected chi connectivity index (χ2v) is 7.24. The number of rotatable bonds is 5. The molecule has 2 aliphatic heterocycles. The molecule has 0 saturated carbocycles. The molecule has 0 radical (unpaired) electrons. The third kappa shape index (κ3) is 4.85. The average Bonchev–Trinajstić information content (AvgIpc) is 2.76. The number of amides is 1. The van der Waals surface area contributed by atoms with Crippen molar-refractivity contribution >= 4 is 5.91 Å². The SMILES string of the molecule is O=C(c1ccc(OC2CCOCC2)nc1)N1CCN(Cc2cccnc2)CC1. The summed E-state index contributed by atoms with van der Waals surface area (Å²) in [7, 11) is 0. The molecule has 4 heterocycles. The Kier molecular flexibility index (Phi) is 6.14. The molecule has 1 amide bonds. The Bertz CT molecular complexity index is 755. The highest BCUT2D eigenvalue weighted by molar-refractivity contribution is 5.94. The lowest BCUT2D eigenvalue weighted by atomic mass is 10.1. The topological polar surface area (TPSA) is 67.8 Å². The Morgan fingerprint density at radius 1 is 1.11 bits per heavy atom. The molecule has 7 nitrogen and oxygen atoms in total. The van der Waals surface area contributed by atoms with E-state index in [2.05, 4.69) is 20.9 Å². The van der Waals surface area contributed by atoms with Crippen molar-refractivity contribution in [1.82, 2.24) is 19.8 Å². The molecule has 0 aromatic carbocycles. The number of hydrogen-bond donors (Lipinski definition) is 0. The van der Waals surface area contributed by atoms with E-state index in [9.17, 15) is 4.79 Å². The number of aromatic nitrogens is 2. The number of hydrogen-bond acceptors (Lipinski definition) is 6. The summed E-state index contributed by atoms with van der Waals surface area (Å²) in [4.78, 5) is 25.5. The summed E-state index contributed by atoms with van der Waals surface area (Å²) < 4.78 is 11.2. The van der Waals surface area contributed by atoms with Crippen LogP contribution in [0.15, 0.2) is 42.9 Å². The van der Waals surface area contributed by atoms with Gasteiger partial charge in [0, 0.05) is 70.2 Å². The second-order valence-electron chi connectivity index (χ2n) is 7.24. The van der Waals surface area contributed by atoms with Gasteiger partial charge < -0.3 is 14.4 Å². The minimum Gasteiger partial charge on any atom is -0.474 e. The van der Waals surface area contributed by atoms with E-state index in [1.807, 2.05) is 23.2 Å². The fraction of sp³-hybridized carbons (Fsp3) is 0.476. The highest BCUT2D eigenvalue weighted by atomic mass is 16.5. The van der Waals surface area contributed by atoms with Crippen LogP contribution in [0.4, 0.5) is 0 Å². The molecule has 2 aromatic heterocycles. The molecule has 148 valence electrons. The highest BCUT2D eigenvalue weighted by Crippen LogP contribution is 2.17. The molecule has 0 spiro atoms. The zero-order valence-corrected chi connectivity index (χ0v) is 16.0. The lowest BCUT2D eigenvalue weighted by Gasteiger charge is -2.34. The van der Waals surface area contributed by atoms with Gasteiger partial charge in [0.25, 0.3) is 5.91 Å². The maximum Gasteiger partial charge on any atom is 0.255 e. The quantitative estimate of drug-likeness (QED) is 0.788. The molecule has 0 aliphatic carbocycles. The first-order chi connectivity index (χ1) is 13.8. The summed E-state index contributed by atoms with van der Waals surface area (Å²) in [5.41, 5.74) is 1.81. The Labute approximate surface area is 165 Å². The van der Waals surface area contributed by atoms with Gasteiger partial charge in [0.1, 0.15) is 6.10 Å². The summed E-state index contributed by atoms with van der Waals surface area (Å²) in [6.45, 7) is 5.49. The van der Waals surface area contributed by atoms with Gasteiger partial charge in [0.2, 0.25) is 5.88 Å². The van der Waals surface area contributed by atoms with Crippen LogP contribution in [0.5, 0.6) is 5.88 Å². The van der Waals surface area contributed by atoms with Crippen molar-refractivity contribution in [1.29, 1.82) is 0 Å². The predicted molar refractivity (Wildman–Crippen MR) is 104 cm³/mol. The van der Waals surface area contributed by atoms with Crippen LogP contribution in [-0.2, 0) is 11.3 Å². The zero-order valence-electron chi connectivity index (χ0n) is 16.0. The molecule has 0 unspecified atom stereocenters. The predicted octanol–water partition coefficient (Wildman–Crippen LogP) is 1.99. The Balaban J connectivity index is 1.27. The minimum atomic E-state index is 0.0335. The van der Waals surface area contributed by atoms with Crippen LogP contribution in [0.3, 0.4) is 0 Å². The van der Waals surface area contributed by atoms with Gasteiger partial charge in [-0.05, 0) is 17.7 Å². The zero-order chi connectivity index (χ0) is 19.2. The van der Waals surface area contributed by atoms with Gasteiger partial charge in [-0.3, -0.25) is 14.7 Å². The molecule has 0 atom stereocenters. The number of nitrogens with zero attached hydrogens (tertiary/aromatic N) is 4. The van der Waals surface area contributed by atoms with Gasteiger partial charge in [-0.15, -0.1) is 0 Å². The van der Waals surface area contributed by atoms with Gasteiger partial charge in [0.15, 0.2) is 0 Å². The van der Waals surface area contributed by atoms with E-state index >= 15 is 0 Å². The van der Waals surface area contributed by atoms with Gasteiger partial charge >= 0.3 is 0 Å². The molecule has 0 bridgehead atoms. The largest absolute Gasteiger partial charge is 0.474 e. The van der Waals surface area contributed by atoms with Crippen molar-refractivity contribution in [2.24, 2.45) is 0 Å². The monoisotopic (exact) mass is 382 g/mol. The smallest absolute Gasteiger partial charge is 0.255 e. The van der Waals surface area contributed by atoms with Crippen LogP contribution in [0.1, 0.15) is 28.8 Å². The van der Waals surface area contributed by atoms with E-state index in [4.69, 9.17) is 9.47 Å². The van der Waals surface area contributed by atoms with Crippen LogP contribution in [0.25, 0.3) is 0 Å². The minimum absolute atomic E-state index is 0.0335. The summed E-state index contributed by atoms with van der Waals surface area (Å²) in [6, 6.07) is 7.64. The van der Waals surface area contributed by atoms with Crippen LogP contribution in [0, 0.1) is 0 Å². The van der Waals surface area contributed by atoms with Crippen molar-refractivity contribution in [3.8, 4) is 5.88 Å². The lowest BCUT2D eigenvalue weighted by Crippen LogP contribution is -2.48. The van der Waals surface area contributed by atoms with Crippen molar-refractivity contribution in [3.63, 3.8) is 0 Å². The molecule has 2 aliphatic rings. The molecular formula is C21H26N4O3. The Morgan fingerprint density at radius 2 is 1.93 bits per heavy atom. The molecule has 0 N–H and O–H groups in total. The number of carbonyl (C=O) groups is 1. The molecule has 7 heteroatoms. The Morgan fingerprint density at radius 3 is 2.61 bits per heavy atom. The van der Waals surface area contributed by atoms with Crippen molar-refractivity contribution in [3.05, 3.63) is 54.0 Å². The summed E-state index contributed by atoms with van der Waals surface area (Å²) >= 11 is 0. The van der Waals surface area contributed by atoms with Crippen LogP contribution in [0.2, 0.25) is 0 Å². The van der Waals surface area contributed by atoms with Crippen molar-refractivity contribution in [2.75, 3.05) is 39.4 Å². The maximum atomic E-state index is 12.8. The summed E-state index contributed by atoms with van der Waals surface area (Å²) in [5.74, 6) is 0.607. The fourth-order valence-electron chi connectivity index (χ4n) is 3.58. The first-order valence-corrected chi connectivity index (χ1v) is 9.89. The van der Waals surface area contributed by atoms with E-state index in [1.165, 1.54) is 5.56 Å². The van der Waals surface area contributed by atoms with Gasteiger partial charge in [-0.1, -0.05) is 6.07 Å². The number of carbonyl (C=O) groups excluding carboxylic acids is 1. The highest BCUT2D eigenvalue weighted by Gasteiger charge is 2.23. The molecule has 2 saturated heterocycles. The second kappa shape index (κ2) is 9.12. The fourth-order valence-corrected chi connectivity index (χ4v) is 3.58. The molecule has 4 rings (SSSR count). The van der Waals surface area contributed by atoms with Crippen LogP contribution < -0.4 is 4.74 Å². The standard InChI is InChI=1S/C21H26N4O3/c26-21(18-3-4-20(23-15-18)28-19-5-12-27-13-6-19)25-10-8-24(9-11-25)16-17-2-1-7-22-14-17/h1-4,7,14-15,19H,5-6,8-13,16H2. The maximum absolute atomic E-state index is 12.8. The summed E-state index contributed by atoms with van der Waals surface area (Å²) in [6.07, 6.45) is 7.22.